The van der Waals surface area contributed by atoms with Gasteiger partial charge in [0.15, 0.2) is 0 Å². The highest BCUT2D eigenvalue weighted by atomic mass is 19.4. The summed E-state index contributed by atoms with van der Waals surface area (Å²) in [5, 5.41) is 6.43. The number of hydrogen-bond donors (Lipinski definition) is 2. The van der Waals surface area contributed by atoms with Crippen molar-refractivity contribution in [2.24, 2.45) is 0 Å². The van der Waals surface area contributed by atoms with Crippen molar-refractivity contribution in [3.05, 3.63) is 99.1 Å². The first-order valence-electron chi connectivity index (χ1n) is 17.9. The van der Waals surface area contributed by atoms with Gasteiger partial charge in [0.05, 0.1) is 25.5 Å². The highest BCUT2D eigenvalue weighted by Gasteiger charge is 2.34. The van der Waals surface area contributed by atoms with E-state index in [1.165, 1.54) is 19.2 Å². The van der Waals surface area contributed by atoms with Crippen LogP contribution in [0.3, 0.4) is 0 Å². The molecule has 2 saturated heterocycles. The molecule has 2 aliphatic rings. The van der Waals surface area contributed by atoms with Gasteiger partial charge in [-0.2, -0.15) is 13.2 Å². The van der Waals surface area contributed by atoms with Crippen molar-refractivity contribution in [1.29, 1.82) is 0 Å². The lowest BCUT2D eigenvalue weighted by atomic mass is 9.90. The zero-order valence-corrected chi connectivity index (χ0v) is 30.5. The second kappa shape index (κ2) is 15.9. The number of hydrogen-bond acceptors (Lipinski definition) is 6. The van der Waals surface area contributed by atoms with Crippen LogP contribution in [0.25, 0.3) is 34.5 Å². The molecule has 10 heteroatoms. The number of nitrogens with zero attached hydrogens (tertiary/aromatic N) is 2. The number of aromatic nitrogens is 1. The molecule has 0 unspecified atom stereocenters. The van der Waals surface area contributed by atoms with Gasteiger partial charge in [-0.1, -0.05) is 48.6 Å². The SMILES string of the molecule is COc1cc(/C=C/c2cccc(-c3cccc(-c4cc(C)c(CNC[C@@H]5CCC(=O)N5)c(OC)n4)c3C)c2C)c(C(F)(F)F)cc1CN1CCCC1. The number of benzene rings is 3. The molecule has 52 heavy (non-hydrogen) atoms. The number of nitrogens with one attached hydrogen (secondary N) is 2. The number of aryl methyl sites for hydroxylation is 1. The van der Waals surface area contributed by atoms with Gasteiger partial charge in [0.25, 0.3) is 0 Å². The van der Waals surface area contributed by atoms with E-state index < -0.39 is 11.7 Å². The minimum absolute atomic E-state index is 0.0665. The maximum absolute atomic E-state index is 14.4. The van der Waals surface area contributed by atoms with Gasteiger partial charge in [-0.25, -0.2) is 4.98 Å². The number of pyridine rings is 1. The molecular formula is C42H47F3N4O3. The third kappa shape index (κ3) is 8.18. The molecule has 0 saturated carbocycles. The van der Waals surface area contributed by atoms with Crippen molar-refractivity contribution in [1.82, 2.24) is 20.5 Å². The third-order valence-electron chi connectivity index (χ3n) is 10.3. The van der Waals surface area contributed by atoms with Crippen LogP contribution >= 0.6 is 0 Å². The molecule has 3 heterocycles. The van der Waals surface area contributed by atoms with Gasteiger partial charge in [0.2, 0.25) is 11.8 Å². The summed E-state index contributed by atoms with van der Waals surface area (Å²) in [4.78, 5) is 18.7. The Bertz CT molecular complexity index is 1970. The maximum atomic E-state index is 14.4. The Balaban J connectivity index is 1.28. The van der Waals surface area contributed by atoms with Crippen LogP contribution in [0, 0.1) is 20.8 Å². The highest BCUT2D eigenvalue weighted by Crippen LogP contribution is 2.39. The van der Waals surface area contributed by atoms with Gasteiger partial charge in [-0.3, -0.25) is 9.69 Å². The Morgan fingerprint density at radius 2 is 1.62 bits per heavy atom. The van der Waals surface area contributed by atoms with Crippen LogP contribution in [0.15, 0.2) is 54.6 Å². The fourth-order valence-electron chi connectivity index (χ4n) is 7.42. The van der Waals surface area contributed by atoms with Crippen LogP contribution in [-0.2, 0) is 24.1 Å². The number of ether oxygens (including phenoxy) is 2. The number of halogens is 3. The van der Waals surface area contributed by atoms with Crippen LogP contribution in [0.4, 0.5) is 13.2 Å². The zero-order valence-electron chi connectivity index (χ0n) is 30.5. The molecule has 3 aromatic carbocycles. The predicted octanol–water partition coefficient (Wildman–Crippen LogP) is 8.51. The fourth-order valence-corrected chi connectivity index (χ4v) is 7.42. The molecule has 2 aliphatic heterocycles. The first-order chi connectivity index (χ1) is 25.0. The molecule has 1 aromatic heterocycles. The van der Waals surface area contributed by atoms with Gasteiger partial charge in [0.1, 0.15) is 5.75 Å². The van der Waals surface area contributed by atoms with E-state index in [0.717, 1.165) is 82.6 Å². The van der Waals surface area contributed by atoms with E-state index >= 15 is 0 Å². The van der Waals surface area contributed by atoms with Crippen molar-refractivity contribution in [2.75, 3.05) is 33.9 Å². The van der Waals surface area contributed by atoms with Gasteiger partial charge < -0.3 is 20.1 Å². The third-order valence-corrected chi connectivity index (χ3v) is 10.3. The van der Waals surface area contributed by atoms with Crippen LogP contribution in [0.2, 0.25) is 0 Å². The molecule has 0 bridgehead atoms. The molecule has 7 nitrogen and oxygen atoms in total. The molecule has 0 spiro atoms. The molecule has 0 aliphatic carbocycles. The Labute approximate surface area is 304 Å². The average Bonchev–Trinajstić information content (AvgIpc) is 3.79. The number of likely N-dealkylation sites (tertiary alicyclic amines) is 1. The smallest absolute Gasteiger partial charge is 0.417 e. The first kappa shape index (κ1) is 37.1. The summed E-state index contributed by atoms with van der Waals surface area (Å²) in [6, 6.07) is 17.0. The first-order valence-corrected chi connectivity index (χ1v) is 17.9. The van der Waals surface area contributed by atoms with E-state index in [9.17, 15) is 18.0 Å². The Morgan fingerprint density at radius 1 is 0.923 bits per heavy atom. The summed E-state index contributed by atoms with van der Waals surface area (Å²) >= 11 is 0. The molecule has 1 atom stereocenters. The summed E-state index contributed by atoms with van der Waals surface area (Å²) < 4.78 is 54.5. The summed E-state index contributed by atoms with van der Waals surface area (Å²) in [5.74, 6) is 1.10. The average molecular weight is 713 g/mol. The van der Waals surface area contributed by atoms with Crippen LogP contribution in [-0.4, -0.2) is 55.7 Å². The number of carbonyl (C=O) groups excluding carboxylic acids is 1. The van der Waals surface area contributed by atoms with E-state index in [0.29, 0.717) is 43.2 Å². The highest BCUT2D eigenvalue weighted by molar-refractivity contribution is 5.83. The fraction of sp³-hybridized carbons (Fsp3) is 0.381. The Kier molecular flexibility index (Phi) is 11.4. The molecule has 4 aromatic rings. The molecular weight excluding hydrogens is 665 g/mol. The minimum atomic E-state index is -4.52. The lowest BCUT2D eigenvalue weighted by molar-refractivity contribution is -0.137. The maximum Gasteiger partial charge on any atom is 0.417 e. The Morgan fingerprint density at radius 3 is 2.29 bits per heavy atom. The number of rotatable bonds is 12. The van der Waals surface area contributed by atoms with Gasteiger partial charge in [-0.05, 0) is 110 Å². The summed E-state index contributed by atoms with van der Waals surface area (Å²) in [5.41, 5.74) is 8.50. The number of carbonyl (C=O) groups is 1. The summed E-state index contributed by atoms with van der Waals surface area (Å²) in [6.07, 6.45) is 2.28. The molecule has 274 valence electrons. The lowest BCUT2D eigenvalue weighted by Gasteiger charge is -2.20. The Hall–Kier alpha value is -4.67. The van der Waals surface area contributed by atoms with Crippen molar-refractivity contribution >= 4 is 18.1 Å². The van der Waals surface area contributed by atoms with E-state index in [2.05, 4.69) is 34.6 Å². The van der Waals surface area contributed by atoms with Crippen LogP contribution in [0.5, 0.6) is 11.6 Å². The zero-order chi connectivity index (χ0) is 37.0. The van der Waals surface area contributed by atoms with Crippen molar-refractivity contribution in [3.63, 3.8) is 0 Å². The van der Waals surface area contributed by atoms with Crippen LogP contribution in [0.1, 0.15) is 70.2 Å². The normalized spacial score (nSPS) is 16.5. The largest absolute Gasteiger partial charge is 0.496 e. The van der Waals surface area contributed by atoms with Gasteiger partial charge >= 0.3 is 6.18 Å². The number of methoxy groups -OCH3 is 2. The van der Waals surface area contributed by atoms with E-state index in [1.807, 2.05) is 44.2 Å². The lowest BCUT2D eigenvalue weighted by Crippen LogP contribution is -2.35. The van der Waals surface area contributed by atoms with Crippen molar-refractivity contribution < 1.29 is 27.4 Å². The quantitative estimate of drug-likeness (QED) is 0.144. The van der Waals surface area contributed by atoms with Gasteiger partial charge in [0, 0.05) is 48.8 Å². The van der Waals surface area contributed by atoms with Crippen LogP contribution < -0.4 is 20.1 Å². The molecule has 0 radical (unpaired) electrons. The minimum Gasteiger partial charge on any atom is -0.496 e. The molecule has 6 rings (SSSR count). The predicted molar refractivity (Wildman–Crippen MR) is 200 cm³/mol. The van der Waals surface area contributed by atoms with Gasteiger partial charge in [-0.15, -0.1) is 0 Å². The van der Waals surface area contributed by atoms with E-state index in [1.54, 1.807) is 19.3 Å². The van der Waals surface area contributed by atoms with E-state index in [-0.39, 0.29) is 17.5 Å². The number of alkyl halides is 3. The summed E-state index contributed by atoms with van der Waals surface area (Å²) in [6.45, 7) is 9.53. The van der Waals surface area contributed by atoms with Crippen molar-refractivity contribution in [2.45, 2.75) is 71.8 Å². The molecule has 2 N–H and O–H groups in total. The second-order valence-corrected chi connectivity index (χ2v) is 13.8. The topological polar surface area (TPSA) is 75.7 Å². The van der Waals surface area contributed by atoms with Crippen molar-refractivity contribution in [3.8, 4) is 34.0 Å². The standard InChI is InChI=1S/C42H47F3N4O3/c1-26-20-38(48-41(52-5)36(26)24-46-23-32-16-17-40(50)47-32)35-13-9-12-34(28(35)3)33-11-8-10-29(27(33)2)14-15-30-22-39(51-4)31(21-37(30)42(43,44)45)25-49-18-6-7-19-49/h8-15,20-22,32,46H,6-7,16-19,23-25H2,1-5H3,(H,47,50)/b15-14+/t32-/m0/s1. The molecule has 2 fully saturated rings. The second-order valence-electron chi connectivity index (χ2n) is 13.8. The number of amides is 1. The molecule has 1 amide bonds. The van der Waals surface area contributed by atoms with E-state index in [4.69, 9.17) is 14.5 Å². The monoisotopic (exact) mass is 712 g/mol. The summed E-state index contributed by atoms with van der Waals surface area (Å²) in [7, 11) is 3.13.